The largest absolute Gasteiger partial charge is 0.491 e. The number of ether oxygens (including phenoxy) is 1. The van der Waals surface area contributed by atoms with Gasteiger partial charge >= 0.3 is 6.18 Å². The fourth-order valence-corrected chi connectivity index (χ4v) is 2.55. The lowest BCUT2D eigenvalue weighted by Gasteiger charge is -2.16. The normalized spacial score (nSPS) is 11.2. The van der Waals surface area contributed by atoms with Gasteiger partial charge < -0.3 is 15.4 Å². The van der Waals surface area contributed by atoms with E-state index in [1.54, 1.807) is 0 Å². The number of halogens is 3. The van der Waals surface area contributed by atoms with E-state index >= 15 is 0 Å². The molecule has 0 aliphatic rings. The predicted octanol–water partition coefficient (Wildman–Crippen LogP) is 5.16. The van der Waals surface area contributed by atoms with Crippen LogP contribution in [0.2, 0.25) is 0 Å². The van der Waals surface area contributed by atoms with Crippen molar-refractivity contribution in [1.29, 1.82) is 0 Å². The van der Waals surface area contributed by atoms with E-state index in [1.807, 2.05) is 39.0 Å². The molecule has 0 fully saturated rings. The highest BCUT2D eigenvalue weighted by Crippen LogP contribution is 2.35. The minimum atomic E-state index is -4.47. The molecular weight excluding hydrogens is 357 g/mol. The van der Waals surface area contributed by atoms with Gasteiger partial charge in [-0.25, -0.2) is 0 Å². The Bertz CT molecular complexity index is 784. The average Bonchev–Trinajstić information content (AvgIpc) is 2.61. The number of nitrogens with one attached hydrogen (secondary N) is 2. The molecule has 1 amide bonds. The van der Waals surface area contributed by atoms with E-state index in [1.165, 1.54) is 6.07 Å². The molecule has 0 aliphatic carbocycles. The topological polar surface area (TPSA) is 50.4 Å². The number of benzene rings is 2. The molecule has 0 bridgehead atoms. The first-order valence-electron chi connectivity index (χ1n) is 8.66. The lowest BCUT2D eigenvalue weighted by Crippen LogP contribution is -2.23. The van der Waals surface area contributed by atoms with Gasteiger partial charge in [0, 0.05) is 5.69 Å². The van der Waals surface area contributed by atoms with E-state index in [9.17, 15) is 18.0 Å². The van der Waals surface area contributed by atoms with Crippen LogP contribution in [0.3, 0.4) is 0 Å². The van der Waals surface area contributed by atoms with Crippen molar-refractivity contribution < 1.29 is 22.7 Å². The van der Waals surface area contributed by atoms with E-state index in [2.05, 4.69) is 10.6 Å². The van der Waals surface area contributed by atoms with Crippen molar-refractivity contribution in [3.8, 4) is 5.75 Å². The SMILES string of the molecule is CCCOc1ccc(C(F)(F)F)cc1NCC(=O)Nc1c(C)cccc1C. The molecule has 4 nitrogen and oxygen atoms in total. The summed E-state index contributed by atoms with van der Waals surface area (Å²) in [5, 5.41) is 5.55. The molecule has 2 rings (SSSR count). The van der Waals surface area contributed by atoms with Gasteiger partial charge in [0.05, 0.1) is 24.4 Å². The van der Waals surface area contributed by atoms with Crippen molar-refractivity contribution in [2.45, 2.75) is 33.4 Å². The number of aryl methyl sites for hydroxylation is 2. The summed E-state index contributed by atoms with van der Waals surface area (Å²) in [5.41, 5.74) is 1.86. The number of amides is 1. The highest BCUT2D eigenvalue weighted by atomic mass is 19.4. The zero-order valence-electron chi connectivity index (χ0n) is 15.5. The highest BCUT2D eigenvalue weighted by molar-refractivity contribution is 5.95. The monoisotopic (exact) mass is 380 g/mol. The molecule has 2 aromatic rings. The van der Waals surface area contributed by atoms with Crippen LogP contribution in [0.1, 0.15) is 30.0 Å². The summed E-state index contributed by atoms with van der Waals surface area (Å²) < 4.78 is 44.4. The Balaban J connectivity index is 2.13. The van der Waals surface area contributed by atoms with Crippen molar-refractivity contribution in [1.82, 2.24) is 0 Å². The van der Waals surface area contributed by atoms with Gasteiger partial charge in [-0.3, -0.25) is 4.79 Å². The third-order valence-corrected chi connectivity index (χ3v) is 3.95. The van der Waals surface area contributed by atoms with Crippen LogP contribution in [-0.2, 0) is 11.0 Å². The third-order valence-electron chi connectivity index (χ3n) is 3.95. The first-order valence-corrected chi connectivity index (χ1v) is 8.66. The van der Waals surface area contributed by atoms with Crippen LogP contribution in [-0.4, -0.2) is 19.1 Å². The van der Waals surface area contributed by atoms with Gasteiger partial charge in [0.25, 0.3) is 0 Å². The Labute approximate surface area is 156 Å². The van der Waals surface area contributed by atoms with E-state index in [0.717, 1.165) is 23.3 Å². The minimum absolute atomic E-state index is 0.134. The summed E-state index contributed by atoms with van der Waals surface area (Å²) in [6.07, 6.45) is -3.76. The Morgan fingerprint density at radius 1 is 1.11 bits per heavy atom. The quantitative estimate of drug-likeness (QED) is 0.697. The van der Waals surface area contributed by atoms with Crippen molar-refractivity contribution >= 4 is 17.3 Å². The van der Waals surface area contributed by atoms with Gasteiger partial charge in [-0.15, -0.1) is 0 Å². The lowest BCUT2D eigenvalue weighted by atomic mass is 10.1. The maximum absolute atomic E-state index is 13.0. The molecule has 0 aliphatic heterocycles. The second kappa shape index (κ2) is 8.79. The van der Waals surface area contributed by atoms with Crippen molar-refractivity contribution in [3.63, 3.8) is 0 Å². The van der Waals surface area contributed by atoms with Crippen LogP contribution in [0.4, 0.5) is 24.5 Å². The van der Waals surface area contributed by atoms with Crippen LogP contribution in [0, 0.1) is 13.8 Å². The minimum Gasteiger partial charge on any atom is -0.491 e. The van der Waals surface area contributed by atoms with E-state index in [0.29, 0.717) is 18.7 Å². The Morgan fingerprint density at radius 2 is 1.78 bits per heavy atom. The zero-order valence-corrected chi connectivity index (χ0v) is 15.5. The summed E-state index contributed by atoms with van der Waals surface area (Å²) in [5.74, 6) is -0.0732. The molecule has 0 aromatic heterocycles. The van der Waals surface area contributed by atoms with E-state index in [-0.39, 0.29) is 23.9 Å². The van der Waals surface area contributed by atoms with Crippen LogP contribution < -0.4 is 15.4 Å². The molecule has 2 aromatic carbocycles. The fourth-order valence-electron chi connectivity index (χ4n) is 2.55. The number of alkyl halides is 3. The molecule has 0 unspecified atom stereocenters. The van der Waals surface area contributed by atoms with Gasteiger partial charge in [0.2, 0.25) is 5.91 Å². The number of anilines is 2. The summed E-state index contributed by atoms with van der Waals surface area (Å²) >= 11 is 0. The smallest absolute Gasteiger partial charge is 0.416 e. The van der Waals surface area contributed by atoms with Gasteiger partial charge in [-0.05, 0) is 49.6 Å². The first kappa shape index (κ1) is 20.6. The molecule has 0 heterocycles. The molecule has 146 valence electrons. The number of hydrogen-bond acceptors (Lipinski definition) is 3. The third kappa shape index (κ3) is 5.64. The van der Waals surface area contributed by atoms with Crippen LogP contribution in [0.5, 0.6) is 5.75 Å². The lowest BCUT2D eigenvalue weighted by molar-refractivity contribution is -0.137. The number of rotatable bonds is 7. The van der Waals surface area contributed by atoms with Crippen LogP contribution >= 0.6 is 0 Å². The zero-order chi connectivity index (χ0) is 20.0. The van der Waals surface area contributed by atoms with Crippen molar-refractivity contribution in [2.75, 3.05) is 23.8 Å². The molecule has 2 N–H and O–H groups in total. The van der Waals surface area contributed by atoms with Crippen LogP contribution in [0.25, 0.3) is 0 Å². The summed E-state index contributed by atoms with van der Waals surface area (Å²) in [6.45, 7) is 5.83. The molecular formula is C20H23F3N2O2. The number of hydrogen-bond donors (Lipinski definition) is 2. The van der Waals surface area contributed by atoms with Gasteiger partial charge in [0.15, 0.2) is 0 Å². The molecule has 0 spiro atoms. The standard InChI is InChI=1S/C20H23F3N2O2/c1-4-10-27-17-9-8-15(20(21,22)23)11-16(17)24-12-18(26)25-19-13(2)6-5-7-14(19)3/h5-9,11,24H,4,10,12H2,1-3H3,(H,25,26). The Kier molecular flexibility index (Phi) is 6.71. The molecule has 7 heteroatoms. The predicted molar refractivity (Wildman–Crippen MR) is 100 cm³/mol. The van der Waals surface area contributed by atoms with Crippen molar-refractivity contribution in [3.05, 3.63) is 53.1 Å². The number of carbonyl (C=O) groups is 1. The Hall–Kier alpha value is -2.70. The van der Waals surface area contributed by atoms with Gasteiger partial charge in [-0.2, -0.15) is 13.2 Å². The van der Waals surface area contributed by atoms with Crippen LogP contribution in [0.15, 0.2) is 36.4 Å². The van der Waals surface area contributed by atoms with Gasteiger partial charge in [0.1, 0.15) is 5.75 Å². The maximum atomic E-state index is 13.0. The summed E-state index contributed by atoms with van der Waals surface area (Å²) in [7, 11) is 0. The van der Waals surface area contributed by atoms with Gasteiger partial charge in [-0.1, -0.05) is 25.1 Å². The Morgan fingerprint density at radius 3 is 2.37 bits per heavy atom. The maximum Gasteiger partial charge on any atom is 0.416 e. The molecule has 0 radical (unpaired) electrons. The van der Waals surface area contributed by atoms with E-state index < -0.39 is 11.7 Å². The molecule has 0 saturated heterocycles. The second-order valence-corrected chi connectivity index (χ2v) is 6.23. The molecule has 0 saturated carbocycles. The fraction of sp³-hybridized carbons (Fsp3) is 0.350. The van der Waals surface area contributed by atoms with Crippen molar-refractivity contribution in [2.24, 2.45) is 0 Å². The van der Waals surface area contributed by atoms with E-state index in [4.69, 9.17) is 4.74 Å². The first-order chi connectivity index (χ1) is 12.7. The molecule has 27 heavy (non-hydrogen) atoms. The average molecular weight is 380 g/mol. The number of carbonyl (C=O) groups excluding carboxylic acids is 1. The second-order valence-electron chi connectivity index (χ2n) is 6.23. The number of para-hydroxylation sites is 1. The molecule has 0 atom stereocenters. The summed E-state index contributed by atoms with van der Waals surface area (Å²) in [6, 6.07) is 8.83. The highest BCUT2D eigenvalue weighted by Gasteiger charge is 2.31. The summed E-state index contributed by atoms with van der Waals surface area (Å²) in [4.78, 5) is 12.3.